The van der Waals surface area contributed by atoms with Crippen molar-refractivity contribution in [3.63, 3.8) is 0 Å². The zero-order valence-electron chi connectivity index (χ0n) is 14.0. The Hall–Kier alpha value is -2.85. The van der Waals surface area contributed by atoms with Crippen LogP contribution in [0.4, 0.5) is 9.18 Å². The molecule has 3 aromatic rings. The van der Waals surface area contributed by atoms with Crippen LogP contribution in [0.3, 0.4) is 0 Å². The van der Waals surface area contributed by atoms with Crippen LogP contribution < -0.4 is 0 Å². The molecule has 0 radical (unpaired) electrons. The summed E-state index contributed by atoms with van der Waals surface area (Å²) in [6.07, 6.45) is 0.0576. The zero-order chi connectivity index (χ0) is 19.6. The number of aromatic nitrogens is 2. The van der Waals surface area contributed by atoms with Gasteiger partial charge in [-0.15, -0.1) is 11.3 Å². The van der Waals surface area contributed by atoms with E-state index in [2.05, 4.69) is 9.97 Å². The summed E-state index contributed by atoms with van der Waals surface area (Å²) >= 11 is 0.812. The molecule has 0 bridgehead atoms. The number of hydrogen-bond donors (Lipinski definition) is 1. The number of amides is 1. The molecule has 2 heterocycles. The van der Waals surface area contributed by atoms with Crippen LogP contribution in [-0.2, 0) is 16.4 Å². The van der Waals surface area contributed by atoms with Crippen molar-refractivity contribution in [1.29, 1.82) is 0 Å². The molecule has 10 heteroatoms. The maximum Gasteiger partial charge on any atom is 0.407 e. The summed E-state index contributed by atoms with van der Waals surface area (Å²) in [6.45, 7) is -0.126. The van der Waals surface area contributed by atoms with Gasteiger partial charge in [-0.25, -0.2) is 23.2 Å². The second-order valence-corrected chi connectivity index (χ2v) is 8.77. The van der Waals surface area contributed by atoms with Gasteiger partial charge < -0.3 is 10.0 Å². The molecule has 0 aliphatic heterocycles. The van der Waals surface area contributed by atoms with Crippen molar-refractivity contribution in [2.75, 3.05) is 7.05 Å². The minimum absolute atomic E-state index is 0.0392. The van der Waals surface area contributed by atoms with Gasteiger partial charge in [0.15, 0.2) is 4.21 Å². The first-order valence-electron chi connectivity index (χ1n) is 7.65. The van der Waals surface area contributed by atoms with E-state index in [1.165, 1.54) is 37.5 Å². The van der Waals surface area contributed by atoms with Gasteiger partial charge in [0.1, 0.15) is 10.7 Å². The summed E-state index contributed by atoms with van der Waals surface area (Å²) in [5.74, 6) is -0.856. The number of carboxylic acid groups (broad SMARTS) is 1. The largest absolute Gasteiger partial charge is 0.465 e. The van der Waals surface area contributed by atoms with Crippen molar-refractivity contribution in [3.05, 3.63) is 59.6 Å². The fourth-order valence-corrected chi connectivity index (χ4v) is 5.33. The Morgan fingerprint density at radius 2 is 1.93 bits per heavy atom. The molecule has 0 spiro atoms. The van der Waals surface area contributed by atoms with Crippen LogP contribution in [0.5, 0.6) is 0 Å². The lowest BCUT2D eigenvalue weighted by molar-refractivity contribution is 0.153. The average Bonchev–Trinajstić information content (AvgIpc) is 3.07. The van der Waals surface area contributed by atoms with E-state index in [1.54, 1.807) is 18.2 Å². The van der Waals surface area contributed by atoms with E-state index in [0.29, 0.717) is 0 Å². The summed E-state index contributed by atoms with van der Waals surface area (Å²) in [5, 5.41) is 9.26. The van der Waals surface area contributed by atoms with Crippen molar-refractivity contribution >= 4 is 27.3 Å². The third kappa shape index (κ3) is 3.81. The minimum Gasteiger partial charge on any atom is -0.465 e. The highest BCUT2D eigenvalue weighted by atomic mass is 32.2. The number of hydrogen-bond acceptors (Lipinski definition) is 6. The summed E-state index contributed by atoms with van der Waals surface area (Å²) < 4.78 is 40.2. The first kappa shape index (κ1) is 18.9. The molecule has 27 heavy (non-hydrogen) atoms. The molecule has 7 nitrogen and oxygen atoms in total. The van der Waals surface area contributed by atoms with Crippen LogP contribution in [0.1, 0.15) is 5.01 Å². The lowest BCUT2D eigenvalue weighted by Crippen LogP contribution is -2.23. The fourth-order valence-electron chi connectivity index (χ4n) is 2.31. The quantitative estimate of drug-likeness (QED) is 0.652. The summed E-state index contributed by atoms with van der Waals surface area (Å²) in [7, 11) is -2.64. The Kier molecular flexibility index (Phi) is 5.19. The van der Waals surface area contributed by atoms with Crippen LogP contribution in [0.25, 0.3) is 11.3 Å². The number of benzene rings is 1. The Morgan fingerprint density at radius 3 is 2.56 bits per heavy atom. The van der Waals surface area contributed by atoms with Crippen LogP contribution in [-0.4, -0.2) is 41.5 Å². The first-order valence-corrected chi connectivity index (χ1v) is 9.95. The van der Waals surface area contributed by atoms with E-state index in [4.69, 9.17) is 5.11 Å². The summed E-state index contributed by atoms with van der Waals surface area (Å²) in [6, 6.07) is 10.6. The normalized spacial score (nSPS) is 11.3. The Morgan fingerprint density at radius 1 is 1.22 bits per heavy atom. The summed E-state index contributed by atoms with van der Waals surface area (Å²) in [5.41, 5.74) is -0.143. The first-order chi connectivity index (χ1) is 12.8. The average molecular weight is 407 g/mol. The van der Waals surface area contributed by atoms with E-state index < -0.39 is 21.9 Å². The lowest BCUT2D eigenvalue weighted by atomic mass is 10.2. The van der Waals surface area contributed by atoms with E-state index in [9.17, 15) is 17.6 Å². The van der Waals surface area contributed by atoms with Gasteiger partial charge in [-0.1, -0.05) is 18.2 Å². The molecule has 0 saturated heterocycles. The molecule has 0 aliphatic carbocycles. The molecule has 1 N–H and O–H groups in total. The molecule has 0 aliphatic rings. The van der Waals surface area contributed by atoms with Gasteiger partial charge >= 0.3 is 6.09 Å². The molecule has 1 aromatic carbocycles. The third-order valence-corrected chi connectivity index (χ3v) is 6.97. The van der Waals surface area contributed by atoms with Crippen molar-refractivity contribution in [2.24, 2.45) is 0 Å². The van der Waals surface area contributed by atoms with Crippen molar-refractivity contribution < 1.29 is 22.7 Å². The second kappa shape index (κ2) is 7.41. The monoisotopic (exact) mass is 407 g/mol. The van der Waals surface area contributed by atoms with Gasteiger partial charge in [-0.2, -0.15) is 4.39 Å². The molecule has 1 amide bonds. The molecule has 0 unspecified atom stereocenters. The van der Waals surface area contributed by atoms with Gasteiger partial charge in [0.25, 0.3) is 0 Å². The number of nitrogens with zero attached hydrogens (tertiary/aromatic N) is 3. The highest BCUT2D eigenvalue weighted by Crippen LogP contribution is 2.36. The highest BCUT2D eigenvalue weighted by Gasteiger charge is 2.28. The minimum atomic E-state index is -3.97. The van der Waals surface area contributed by atoms with Crippen molar-refractivity contribution in [3.8, 4) is 11.3 Å². The fraction of sp³-hybridized carbons (Fsp3) is 0.118. The second-order valence-electron chi connectivity index (χ2n) is 5.54. The van der Waals surface area contributed by atoms with E-state index in [-0.39, 0.29) is 31.9 Å². The van der Waals surface area contributed by atoms with Gasteiger partial charge in [0, 0.05) is 13.2 Å². The van der Waals surface area contributed by atoms with Crippen LogP contribution in [0, 0.1) is 5.95 Å². The van der Waals surface area contributed by atoms with Gasteiger partial charge in [0.05, 0.1) is 17.0 Å². The Bertz CT molecular complexity index is 1080. The maximum atomic E-state index is 14.2. The number of pyridine rings is 1. The number of rotatable bonds is 5. The Balaban J connectivity index is 2.18. The smallest absolute Gasteiger partial charge is 0.407 e. The van der Waals surface area contributed by atoms with E-state index in [0.717, 1.165) is 16.2 Å². The predicted octanol–water partition coefficient (Wildman–Crippen LogP) is 3.29. The molecule has 0 saturated carbocycles. The molecule has 2 aromatic heterocycles. The lowest BCUT2D eigenvalue weighted by Gasteiger charge is -2.09. The number of halogens is 1. The molecule has 0 atom stereocenters. The molecular weight excluding hydrogens is 393 g/mol. The third-order valence-electron chi connectivity index (χ3n) is 3.65. The van der Waals surface area contributed by atoms with Gasteiger partial charge in [-0.3, -0.25) is 0 Å². The summed E-state index contributed by atoms with van der Waals surface area (Å²) in [4.78, 5) is 19.8. The molecular formula is C17H14FN3O4S2. The number of carbonyl (C=O) groups is 1. The van der Waals surface area contributed by atoms with Crippen LogP contribution in [0.2, 0.25) is 0 Å². The molecule has 3 rings (SSSR count). The topological polar surface area (TPSA) is 100 Å². The Labute approximate surface area is 158 Å². The maximum absolute atomic E-state index is 14.2. The SMILES string of the molecule is CN(Cc1nc(-c2cccnc2F)c(S(=O)(=O)c2ccccc2)s1)C(=O)O. The standard InChI is InChI=1S/C17H14FN3O4S2/c1-21(17(22)23)10-13-20-14(12-8-5-9-19-15(12)18)16(26-13)27(24,25)11-6-3-2-4-7-11/h2-9H,10H2,1H3,(H,22,23). The highest BCUT2D eigenvalue weighted by molar-refractivity contribution is 7.93. The van der Waals surface area contributed by atoms with Crippen molar-refractivity contribution in [1.82, 2.24) is 14.9 Å². The zero-order valence-corrected chi connectivity index (χ0v) is 15.7. The van der Waals surface area contributed by atoms with E-state index in [1.807, 2.05) is 0 Å². The van der Waals surface area contributed by atoms with E-state index >= 15 is 0 Å². The molecule has 140 valence electrons. The molecule has 0 fully saturated rings. The predicted molar refractivity (Wildman–Crippen MR) is 96.7 cm³/mol. The number of sulfone groups is 1. The van der Waals surface area contributed by atoms with Crippen molar-refractivity contribution in [2.45, 2.75) is 15.6 Å². The number of thiazole rings is 1. The van der Waals surface area contributed by atoms with Gasteiger partial charge in [0.2, 0.25) is 15.8 Å². The van der Waals surface area contributed by atoms with Crippen LogP contribution >= 0.6 is 11.3 Å². The van der Waals surface area contributed by atoms with Gasteiger partial charge in [-0.05, 0) is 24.3 Å². The van der Waals surface area contributed by atoms with Crippen LogP contribution in [0.15, 0.2) is 57.8 Å².